The molecule has 0 aliphatic heterocycles. The number of benzene rings is 14. The van der Waals surface area contributed by atoms with Gasteiger partial charge in [0.2, 0.25) is 0 Å². The van der Waals surface area contributed by atoms with Crippen molar-refractivity contribution < 1.29 is 0 Å². The number of H-pyrrole nitrogens is 1. The lowest BCUT2D eigenvalue weighted by Gasteiger charge is -2.11. The molecular formula is C76H47BrN2S2. The molecular weight excluding hydrogens is 1080 g/mol. The molecule has 2 nitrogen and oxygen atoms in total. The summed E-state index contributed by atoms with van der Waals surface area (Å²) in [5, 5.41) is 21.0. The van der Waals surface area contributed by atoms with Gasteiger partial charge in [-0.25, -0.2) is 0 Å². The van der Waals surface area contributed by atoms with Gasteiger partial charge in [-0.1, -0.05) is 246 Å². The number of rotatable bonds is 3. The fourth-order valence-corrected chi connectivity index (χ4v) is 15.5. The van der Waals surface area contributed by atoms with Gasteiger partial charge in [0.15, 0.2) is 0 Å². The molecule has 380 valence electrons. The Labute approximate surface area is 483 Å². The van der Waals surface area contributed by atoms with Crippen LogP contribution in [0.5, 0.6) is 0 Å². The Balaban J connectivity index is 0.000000116. The maximum absolute atomic E-state index is 3.73. The summed E-state index contributed by atoms with van der Waals surface area (Å²) in [7, 11) is 0. The van der Waals surface area contributed by atoms with Crippen molar-refractivity contribution in [2.75, 3.05) is 0 Å². The molecule has 0 atom stereocenters. The second-order valence-electron chi connectivity index (χ2n) is 20.9. The van der Waals surface area contributed by atoms with Gasteiger partial charge < -0.3 is 9.55 Å². The highest BCUT2D eigenvalue weighted by atomic mass is 79.9. The molecule has 0 amide bonds. The lowest BCUT2D eigenvalue weighted by Crippen LogP contribution is -1.94. The van der Waals surface area contributed by atoms with Gasteiger partial charge in [0.05, 0.1) is 25.9 Å². The highest BCUT2D eigenvalue weighted by Crippen LogP contribution is 2.50. The SMILES string of the molecule is Brc1ccc2ccccc2c1.c1ccc(-c2ccc3c(c2)sc2c3c3ccccc3c3c4ccccc4n(-c4ccc5ccccc5c4)c23)cc1.c1ccc(-c2ccc3c(c2)sc2c4[nH]c5ccccc5c4c4ccccc4c32)cc1. The Morgan fingerprint density at radius 3 is 1.41 bits per heavy atom. The molecule has 0 unspecified atom stereocenters. The molecule has 0 aliphatic rings. The summed E-state index contributed by atoms with van der Waals surface area (Å²) in [6.45, 7) is 0. The molecule has 0 radical (unpaired) electrons. The van der Waals surface area contributed by atoms with Crippen LogP contribution < -0.4 is 0 Å². The summed E-state index contributed by atoms with van der Waals surface area (Å²) in [5.41, 5.74) is 11.2. The molecule has 0 saturated heterocycles. The van der Waals surface area contributed by atoms with Crippen molar-refractivity contribution in [3.05, 3.63) is 284 Å². The summed E-state index contributed by atoms with van der Waals surface area (Å²) < 4.78 is 8.99. The topological polar surface area (TPSA) is 20.7 Å². The van der Waals surface area contributed by atoms with E-state index in [4.69, 9.17) is 0 Å². The van der Waals surface area contributed by atoms with E-state index in [2.05, 4.69) is 305 Å². The molecule has 18 aromatic rings. The fraction of sp³-hybridized carbons (Fsp3) is 0. The van der Waals surface area contributed by atoms with Gasteiger partial charge in [-0.15, -0.1) is 22.7 Å². The normalized spacial score (nSPS) is 11.8. The quantitative estimate of drug-likeness (QED) is 0.182. The number of halogens is 1. The van der Waals surface area contributed by atoms with Crippen LogP contribution >= 0.6 is 38.6 Å². The van der Waals surface area contributed by atoms with Crippen molar-refractivity contribution in [3.8, 4) is 27.9 Å². The first-order valence-electron chi connectivity index (χ1n) is 27.4. The highest BCUT2D eigenvalue weighted by Gasteiger charge is 2.23. The lowest BCUT2D eigenvalue weighted by atomic mass is 9.98. The van der Waals surface area contributed by atoms with Gasteiger partial charge in [0.1, 0.15) is 0 Å². The van der Waals surface area contributed by atoms with Crippen LogP contribution in [0.25, 0.3) is 155 Å². The summed E-state index contributed by atoms with van der Waals surface area (Å²) in [6, 6.07) is 101. The first-order chi connectivity index (χ1) is 40.1. The van der Waals surface area contributed by atoms with Gasteiger partial charge >= 0.3 is 0 Å². The van der Waals surface area contributed by atoms with Gasteiger partial charge in [0.25, 0.3) is 0 Å². The monoisotopic (exact) mass is 1130 g/mol. The number of aromatic nitrogens is 2. The van der Waals surface area contributed by atoms with Gasteiger partial charge in [-0.3, -0.25) is 0 Å². The number of aromatic amines is 1. The van der Waals surface area contributed by atoms with Crippen molar-refractivity contribution in [3.63, 3.8) is 0 Å². The van der Waals surface area contributed by atoms with Crippen LogP contribution in [0.2, 0.25) is 0 Å². The molecule has 14 aromatic carbocycles. The summed E-state index contributed by atoms with van der Waals surface area (Å²) in [6.07, 6.45) is 0. The van der Waals surface area contributed by atoms with Crippen molar-refractivity contribution in [1.82, 2.24) is 9.55 Å². The Bertz CT molecular complexity index is 5490. The van der Waals surface area contributed by atoms with Crippen LogP contribution in [0, 0.1) is 0 Å². The number of para-hydroxylation sites is 2. The van der Waals surface area contributed by atoms with Crippen molar-refractivity contribution in [2.24, 2.45) is 0 Å². The van der Waals surface area contributed by atoms with E-state index >= 15 is 0 Å². The summed E-state index contributed by atoms with van der Waals surface area (Å²) in [5.74, 6) is 0. The third-order valence-electron chi connectivity index (χ3n) is 16.3. The zero-order valence-electron chi connectivity index (χ0n) is 43.7. The minimum absolute atomic E-state index is 1.14. The third-order valence-corrected chi connectivity index (χ3v) is 19.1. The van der Waals surface area contributed by atoms with E-state index in [-0.39, 0.29) is 0 Å². The van der Waals surface area contributed by atoms with E-state index in [9.17, 15) is 0 Å². The molecule has 4 heterocycles. The van der Waals surface area contributed by atoms with Crippen LogP contribution in [0.15, 0.2) is 284 Å². The minimum Gasteiger partial charge on any atom is -0.353 e. The first-order valence-corrected chi connectivity index (χ1v) is 29.8. The second kappa shape index (κ2) is 19.5. The van der Waals surface area contributed by atoms with Crippen LogP contribution in [-0.2, 0) is 0 Å². The maximum Gasteiger partial charge on any atom is 0.0726 e. The molecule has 0 saturated carbocycles. The Morgan fingerprint density at radius 2 is 0.778 bits per heavy atom. The Kier molecular flexibility index (Phi) is 11.4. The average Bonchev–Trinajstić information content (AvgIpc) is 4.47. The predicted molar refractivity (Wildman–Crippen MR) is 357 cm³/mol. The molecule has 0 fully saturated rings. The van der Waals surface area contributed by atoms with Crippen molar-refractivity contribution >= 4 is 166 Å². The predicted octanol–water partition coefficient (Wildman–Crippen LogP) is 23.2. The van der Waals surface area contributed by atoms with E-state index in [1.165, 1.54) is 155 Å². The molecule has 1 N–H and O–H groups in total. The summed E-state index contributed by atoms with van der Waals surface area (Å²) >= 11 is 7.25. The molecule has 0 bridgehead atoms. The van der Waals surface area contributed by atoms with Crippen molar-refractivity contribution in [1.29, 1.82) is 0 Å². The van der Waals surface area contributed by atoms with E-state index in [1.807, 2.05) is 22.7 Å². The van der Waals surface area contributed by atoms with Crippen LogP contribution in [0.4, 0.5) is 0 Å². The van der Waals surface area contributed by atoms with E-state index < -0.39 is 0 Å². The van der Waals surface area contributed by atoms with Gasteiger partial charge in [0, 0.05) is 68.2 Å². The third kappa shape index (κ3) is 7.95. The molecule has 0 aliphatic carbocycles. The standard InChI is InChI=1S/C38H23NS.C28H17NS.C10H7Br/c1-2-10-24(11-3-1)27-19-21-32-34(23-27)40-38-36(32)30-15-7-6-14-29(30)35-31-16-8-9-17-33(31)39(37(35)38)28-20-18-25-12-4-5-13-26(25)22-28;1-2-8-17(9-3-1)18-14-15-22-24(16-18)30-28-26(22)20-11-5-4-10-19(20)25-21-12-6-7-13-23(21)29-27(25)28;11-10-6-5-8-3-1-2-4-9(8)7-10/h1-23H;1-16,29H;1-7H. The van der Waals surface area contributed by atoms with E-state index in [0.717, 1.165) is 4.47 Å². The minimum atomic E-state index is 1.14. The molecule has 18 rings (SSSR count). The van der Waals surface area contributed by atoms with E-state index in [0.29, 0.717) is 0 Å². The number of hydrogen-bond donors (Lipinski definition) is 1. The lowest BCUT2D eigenvalue weighted by molar-refractivity contribution is 1.19. The highest BCUT2D eigenvalue weighted by molar-refractivity contribution is 9.10. The summed E-state index contributed by atoms with van der Waals surface area (Å²) in [4.78, 5) is 3.73. The van der Waals surface area contributed by atoms with Crippen LogP contribution in [0.3, 0.4) is 0 Å². The fourth-order valence-electron chi connectivity index (χ4n) is 12.6. The van der Waals surface area contributed by atoms with Crippen LogP contribution in [-0.4, -0.2) is 9.55 Å². The van der Waals surface area contributed by atoms with Gasteiger partial charge in [-0.2, -0.15) is 0 Å². The second-order valence-corrected chi connectivity index (χ2v) is 23.9. The largest absolute Gasteiger partial charge is 0.353 e. The molecule has 5 heteroatoms. The number of nitrogens with one attached hydrogen (secondary N) is 1. The number of thiophene rings is 2. The Hall–Kier alpha value is -9.36. The average molecular weight is 1130 g/mol. The zero-order valence-corrected chi connectivity index (χ0v) is 46.9. The van der Waals surface area contributed by atoms with E-state index in [1.54, 1.807) is 0 Å². The Morgan fingerprint density at radius 1 is 0.309 bits per heavy atom. The van der Waals surface area contributed by atoms with Crippen molar-refractivity contribution in [2.45, 2.75) is 0 Å². The molecule has 4 aromatic heterocycles. The smallest absolute Gasteiger partial charge is 0.0726 e. The zero-order chi connectivity index (χ0) is 53.5. The molecule has 0 spiro atoms. The number of fused-ring (bicyclic) bond motifs is 22. The number of hydrogen-bond acceptors (Lipinski definition) is 2. The van der Waals surface area contributed by atoms with Crippen LogP contribution in [0.1, 0.15) is 0 Å². The molecule has 81 heavy (non-hydrogen) atoms. The maximum atomic E-state index is 3.73. The number of nitrogens with zero attached hydrogens (tertiary/aromatic N) is 1. The van der Waals surface area contributed by atoms with Gasteiger partial charge in [-0.05, 0) is 114 Å². The first kappa shape index (κ1) is 47.6.